The fraction of sp³-hybridized carbons (Fsp3) is 0.250. The van der Waals surface area contributed by atoms with E-state index in [2.05, 4.69) is 21.0 Å². The molecule has 0 saturated carbocycles. The van der Waals surface area contributed by atoms with E-state index in [1.165, 1.54) is 0 Å². The van der Waals surface area contributed by atoms with Gasteiger partial charge in [0.25, 0.3) is 0 Å². The molecule has 17 heavy (non-hydrogen) atoms. The standard InChI is InChI=1S/C12H13BrN2O2/c1-16-11-7-9(6-10(13)12(11)17-2)8-15-5-3-4-14-15/h3-7H,8H2,1-2H3. The lowest BCUT2D eigenvalue weighted by molar-refractivity contribution is 0.352. The van der Waals surface area contributed by atoms with Crippen LogP contribution in [0.2, 0.25) is 0 Å². The topological polar surface area (TPSA) is 36.3 Å². The SMILES string of the molecule is COc1cc(Cn2cccn2)cc(Br)c1OC. The van der Waals surface area contributed by atoms with Crippen LogP contribution in [0.1, 0.15) is 5.56 Å². The summed E-state index contributed by atoms with van der Waals surface area (Å²) >= 11 is 3.47. The molecule has 2 rings (SSSR count). The number of hydrogen-bond donors (Lipinski definition) is 0. The molecule has 0 N–H and O–H groups in total. The van der Waals surface area contributed by atoms with Crippen LogP contribution < -0.4 is 9.47 Å². The molecule has 0 saturated heterocycles. The molecule has 90 valence electrons. The summed E-state index contributed by atoms with van der Waals surface area (Å²) in [7, 11) is 3.25. The van der Waals surface area contributed by atoms with E-state index < -0.39 is 0 Å². The Bertz CT molecular complexity index is 497. The first-order valence-electron chi connectivity index (χ1n) is 5.12. The highest BCUT2D eigenvalue weighted by molar-refractivity contribution is 9.10. The summed E-state index contributed by atoms with van der Waals surface area (Å²) in [5.74, 6) is 1.42. The van der Waals surface area contributed by atoms with Crippen molar-refractivity contribution in [2.45, 2.75) is 6.54 Å². The monoisotopic (exact) mass is 296 g/mol. The van der Waals surface area contributed by atoms with Gasteiger partial charge >= 0.3 is 0 Å². The van der Waals surface area contributed by atoms with Crippen LogP contribution >= 0.6 is 15.9 Å². The van der Waals surface area contributed by atoms with Crippen molar-refractivity contribution in [3.05, 3.63) is 40.6 Å². The van der Waals surface area contributed by atoms with Crippen molar-refractivity contribution in [1.29, 1.82) is 0 Å². The van der Waals surface area contributed by atoms with E-state index in [1.54, 1.807) is 20.4 Å². The van der Waals surface area contributed by atoms with Crippen LogP contribution in [0, 0.1) is 0 Å². The summed E-state index contributed by atoms with van der Waals surface area (Å²) < 4.78 is 13.3. The minimum atomic E-state index is 0.700. The molecule has 0 aliphatic carbocycles. The number of nitrogens with zero attached hydrogens (tertiary/aromatic N) is 2. The maximum Gasteiger partial charge on any atom is 0.174 e. The maximum atomic E-state index is 5.29. The van der Waals surface area contributed by atoms with Crippen LogP contribution in [-0.2, 0) is 6.54 Å². The third-order valence-electron chi connectivity index (χ3n) is 2.40. The highest BCUT2D eigenvalue weighted by Crippen LogP contribution is 2.36. The molecule has 0 aliphatic rings. The van der Waals surface area contributed by atoms with E-state index in [9.17, 15) is 0 Å². The van der Waals surface area contributed by atoms with Crippen molar-refractivity contribution in [1.82, 2.24) is 9.78 Å². The highest BCUT2D eigenvalue weighted by atomic mass is 79.9. The van der Waals surface area contributed by atoms with Crippen LogP contribution in [0.5, 0.6) is 11.5 Å². The molecular formula is C12H13BrN2O2. The van der Waals surface area contributed by atoms with Gasteiger partial charge < -0.3 is 9.47 Å². The number of aromatic nitrogens is 2. The molecule has 4 nitrogen and oxygen atoms in total. The van der Waals surface area contributed by atoms with Crippen molar-refractivity contribution in [3.63, 3.8) is 0 Å². The van der Waals surface area contributed by atoms with Gasteiger partial charge in [0, 0.05) is 12.4 Å². The Morgan fingerprint density at radius 3 is 2.71 bits per heavy atom. The molecule has 0 unspecified atom stereocenters. The number of benzene rings is 1. The molecule has 0 fully saturated rings. The van der Waals surface area contributed by atoms with E-state index >= 15 is 0 Å². The van der Waals surface area contributed by atoms with E-state index in [0.29, 0.717) is 18.0 Å². The van der Waals surface area contributed by atoms with Crippen LogP contribution in [0.3, 0.4) is 0 Å². The third-order valence-corrected chi connectivity index (χ3v) is 2.99. The van der Waals surface area contributed by atoms with E-state index in [0.717, 1.165) is 10.0 Å². The van der Waals surface area contributed by atoms with Crippen molar-refractivity contribution >= 4 is 15.9 Å². The van der Waals surface area contributed by atoms with Crippen molar-refractivity contribution < 1.29 is 9.47 Å². The van der Waals surface area contributed by atoms with Gasteiger partial charge in [-0.05, 0) is 39.7 Å². The van der Waals surface area contributed by atoms with Crippen molar-refractivity contribution in [3.8, 4) is 11.5 Å². The van der Waals surface area contributed by atoms with Gasteiger partial charge in [0.2, 0.25) is 0 Å². The smallest absolute Gasteiger partial charge is 0.174 e. The van der Waals surface area contributed by atoms with Gasteiger partial charge in [0.05, 0.1) is 25.2 Å². The predicted octanol–water partition coefficient (Wildman–Crippen LogP) is 2.71. The Morgan fingerprint density at radius 1 is 1.29 bits per heavy atom. The van der Waals surface area contributed by atoms with Gasteiger partial charge in [-0.25, -0.2) is 0 Å². The number of hydrogen-bond acceptors (Lipinski definition) is 3. The van der Waals surface area contributed by atoms with E-state index in [1.807, 2.05) is 29.1 Å². The second kappa shape index (κ2) is 5.23. The second-order valence-electron chi connectivity index (χ2n) is 3.52. The lowest BCUT2D eigenvalue weighted by Gasteiger charge is -2.12. The average molecular weight is 297 g/mol. The molecule has 0 amide bonds. The summed E-state index contributed by atoms with van der Waals surface area (Å²) in [6.07, 6.45) is 3.68. The van der Waals surface area contributed by atoms with Gasteiger partial charge in [-0.1, -0.05) is 0 Å². The molecule has 5 heteroatoms. The summed E-state index contributed by atoms with van der Waals surface area (Å²) in [6, 6.07) is 5.85. The molecule has 1 aromatic heterocycles. The molecule has 1 heterocycles. The largest absolute Gasteiger partial charge is 0.493 e. The zero-order chi connectivity index (χ0) is 12.3. The molecule has 1 aromatic carbocycles. The second-order valence-corrected chi connectivity index (χ2v) is 4.37. The first-order chi connectivity index (χ1) is 8.24. The molecule has 0 radical (unpaired) electrons. The van der Waals surface area contributed by atoms with E-state index in [4.69, 9.17) is 9.47 Å². The van der Waals surface area contributed by atoms with Gasteiger partial charge in [-0.3, -0.25) is 4.68 Å². The normalized spacial score (nSPS) is 10.3. The highest BCUT2D eigenvalue weighted by Gasteiger charge is 2.10. The number of halogens is 1. The molecular weight excluding hydrogens is 284 g/mol. The fourth-order valence-electron chi connectivity index (χ4n) is 1.64. The van der Waals surface area contributed by atoms with Gasteiger partial charge in [-0.2, -0.15) is 5.10 Å². The van der Waals surface area contributed by atoms with Crippen LogP contribution in [0.15, 0.2) is 35.1 Å². The van der Waals surface area contributed by atoms with Crippen LogP contribution in [0.4, 0.5) is 0 Å². The third kappa shape index (κ3) is 2.61. The van der Waals surface area contributed by atoms with Gasteiger partial charge in [-0.15, -0.1) is 0 Å². The van der Waals surface area contributed by atoms with Gasteiger partial charge in [0.15, 0.2) is 11.5 Å². The van der Waals surface area contributed by atoms with Crippen molar-refractivity contribution in [2.24, 2.45) is 0 Å². The van der Waals surface area contributed by atoms with Crippen molar-refractivity contribution in [2.75, 3.05) is 14.2 Å². The van der Waals surface area contributed by atoms with Crippen LogP contribution in [0.25, 0.3) is 0 Å². The maximum absolute atomic E-state index is 5.29. The molecule has 0 spiro atoms. The van der Waals surface area contributed by atoms with E-state index in [-0.39, 0.29) is 0 Å². The lowest BCUT2D eigenvalue weighted by atomic mass is 10.2. The summed E-state index contributed by atoms with van der Waals surface area (Å²) in [6.45, 7) is 0.700. The fourth-order valence-corrected chi connectivity index (χ4v) is 2.29. The minimum Gasteiger partial charge on any atom is -0.493 e. The zero-order valence-corrected chi connectivity index (χ0v) is 11.3. The molecule has 0 atom stereocenters. The lowest BCUT2D eigenvalue weighted by Crippen LogP contribution is -2.01. The zero-order valence-electron chi connectivity index (χ0n) is 9.68. The van der Waals surface area contributed by atoms with Gasteiger partial charge in [0.1, 0.15) is 0 Å². The first-order valence-corrected chi connectivity index (χ1v) is 5.91. The average Bonchev–Trinajstić information content (AvgIpc) is 2.81. The summed E-state index contributed by atoms with van der Waals surface area (Å²) in [5, 5.41) is 4.17. The molecule has 0 bridgehead atoms. The first kappa shape index (κ1) is 12.0. The minimum absolute atomic E-state index is 0.700. The Hall–Kier alpha value is -1.49. The number of methoxy groups -OCH3 is 2. The Kier molecular flexibility index (Phi) is 3.68. The Morgan fingerprint density at radius 2 is 2.12 bits per heavy atom. The number of ether oxygens (including phenoxy) is 2. The molecule has 0 aliphatic heterocycles. The predicted molar refractivity (Wildman–Crippen MR) is 68.6 cm³/mol. The van der Waals surface area contributed by atoms with Crippen LogP contribution in [-0.4, -0.2) is 24.0 Å². The summed E-state index contributed by atoms with van der Waals surface area (Å²) in [4.78, 5) is 0. The molecule has 2 aromatic rings. The quantitative estimate of drug-likeness (QED) is 0.870. The Labute approximate surface area is 108 Å². The number of rotatable bonds is 4. The summed E-state index contributed by atoms with van der Waals surface area (Å²) in [5.41, 5.74) is 1.10. The Balaban J connectivity index is 2.33.